The Hall–Kier alpha value is -6.89. The van der Waals surface area contributed by atoms with Crippen molar-refractivity contribution in [2.24, 2.45) is 0 Å². The number of rotatable bonds is 3. The average molecular weight is 695 g/mol. The summed E-state index contributed by atoms with van der Waals surface area (Å²) in [6.45, 7) is 0. The van der Waals surface area contributed by atoms with E-state index in [-0.39, 0.29) is 0 Å². The van der Waals surface area contributed by atoms with Crippen molar-refractivity contribution in [3.63, 3.8) is 0 Å². The second kappa shape index (κ2) is 10.8. The Morgan fingerprint density at radius 1 is 0.453 bits per heavy atom. The first kappa shape index (κ1) is 28.8. The van der Waals surface area contributed by atoms with Gasteiger partial charge in [-0.1, -0.05) is 109 Å². The predicted molar refractivity (Wildman–Crippen MR) is 220 cm³/mol. The van der Waals surface area contributed by atoms with Crippen LogP contribution < -0.4 is 4.90 Å². The van der Waals surface area contributed by atoms with Crippen LogP contribution in [0.25, 0.3) is 97.6 Å². The smallest absolute Gasteiger partial charge is 0.238 e. The molecule has 6 heteroatoms. The number of thiophene rings is 1. The van der Waals surface area contributed by atoms with Crippen LogP contribution >= 0.6 is 11.3 Å². The number of nitrogens with zero attached hydrogens (tertiary/aromatic N) is 4. The molecule has 246 valence electrons. The van der Waals surface area contributed by atoms with Crippen LogP contribution in [0.1, 0.15) is 0 Å². The van der Waals surface area contributed by atoms with Gasteiger partial charge in [0.2, 0.25) is 5.95 Å². The number of para-hydroxylation sites is 1. The first-order valence-corrected chi connectivity index (χ1v) is 18.5. The van der Waals surface area contributed by atoms with Crippen LogP contribution in [0.2, 0.25) is 0 Å². The molecule has 5 nitrogen and oxygen atoms in total. The van der Waals surface area contributed by atoms with Crippen LogP contribution in [0.3, 0.4) is 0 Å². The molecule has 0 bridgehead atoms. The molecule has 0 N–H and O–H groups in total. The number of furan rings is 1. The van der Waals surface area contributed by atoms with E-state index >= 15 is 0 Å². The fraction of sp³-hybridized carbons (Fsp3) is 0. The maximum Gasteiger partial charge on any atom is 0.238 e. The Morgan fingerprint density at radius 2 is 1.15 bits per heavy atom. The molecule has 0 radical (unpaired) electrons. The van der Waals surface area contributed by atoms with Crippen LogP contribution in [-0.2, 0) is 0 Å². The molecule has 0 atom stereocenters. The van der Waals surface area contributed by atoms with Crippen molar-refractivity contribution in [1.82, 2.24) is 15.0 Å². The lowest BCUT2D eigenvalue weighted by atomic mass is 9.90. The highest BCUT2D eigenvalue weighted by Crippen LogP contribution is 2.51. The van der Waals surface area contributed by atoms with Gasteiger partial charge in [-0.05, 0) is 70.3 Å². The van der Waals surface area contributed by atoms with Crippen molar-refractivity contribution in [3.8, 4) is 33.9 Å². The first-order valence-electron chi connectivity index (χ1n) is 17.7. The fourth-order valence-electron chi connectivity index (χ4n) is 8.21. The van der Waals surface area contributed by atoms with Gasteiger partial charge in [0.15, 0.2) is 11.6 Å². The van der Waals surface area contributed by atoms with E-state index in [1.807, 2.05) is 18.2 Å². The number of benzene rings is 8. The standard InChI is InChI=1S/C47H26N4OS/c1-2-11-29-25-39-37(24-28(29)10-1)34-16-7-12-27-13-8-19-38(43(27)34)51(39)47-49-45(30-22-23-32-31-14-3-5-20-40(31)52-41(32)26-30)48-46(50-47)36-18-9-17-35-33-15-4-6-21-42(33)53-44(35)36/h1-26H. The Bertz CT molecular complexity index is 3320. The molecule has 3 aromatic heterocycles. The maximum absolute atomic E-state index is 6.35. The van der Waals surface area contributed by atoms with Gasteiger partial charge in [-0.25, -0.2) is 4.98 Å². The Kier molecular flexibility index (Phi) is 5.87. The summed E-state index contributed by atoms with van der Waals surface area (Å²) in [7, 11) is 0. The van der Waals surface area contributed by atoms with E-state index in [2.05, 4.69) is 144 Å². The van der Waals surface area contributed by atoms with Crippen LogP contribution in [0.15, 0.2) is 162 Å². The lowest BCUT2D eigenvalue weighted by Crippen LogP contribution is -2.19. The highest BCUT2D eigenvalue weighted by Gasteiger charge is 2.29. The van der Waals surface area contributed by atoms with Crippen LogP contribution in [0.4, 0.5) is 17.3 Å². The zero-order chi connectivity index (χ0) is 34.6. The molecule has 0 unspecified atom stereocenters. The van der Waals surface area contributed by atoms with Gasteiger partial charge in [-0.3, -0.25) is 4.90 Å². The SMILES string of the molecule is c1ccc2cc3c(cc2c1)-c1cccc2cccc(c12)N3c1nc(-c2ccc3c(c2)oc2ccccc23)nc(-c2cccc3c2sc2ccccc23)n1. The molecule has 8 aromatic carbocycles. The van der Waals surface area contributed by atoms with Gasteiger partial charge in [-0.2, -0.15) is 9.97 Å². The number of anilines is 3. The summed E-state index contributed by atoms with van der Waals surface area (Å²) in [6, 6.07) is 55.6. The minimum absolute atomic E-state index is 0.561. The largest absolute Gasteiger partial charge is 0.456 e. The van der Waals surface area contributed by atoms with E-state index < -0.39 is 0 Å². The van der Waals surface area contributed by atoms with Gasteiger partial charge in [0.05, 0.1) is 11.4 Å². The summed E-state index contributed by atoms with van der Waals surface area (Å²) in [5.41, 5.74) is 7.92. The average Bonchev–Trinajstić information content (AvgIpc) is 3.78. The van der Waals surface area contributed by atoms with Gasteiger partial charge < -0.3 is 4.42 Å². The lowest BCUT2D eigenvalue weighted by molar-refractivity contribution is 0.669. The van der Waals surface area contributed by atoms with Gasteiger partial charge in [0.25, 0.3) is 0 Å². The molecule has 0 aliphatic carbocycles. The van der Waals surface area contributed by atoms with Gasteiger partial charge in [0.1, 0.15) is 11.2 Å². The molecule has 1 aliphatic rings. The van der Waals surface area contributed by atoms with Crippen molar-refractivity contribution in [3.05, 3.63) is 158 Å². The zero-order valence-electron chi connectivity index (χ0n) is 28.1. The third-order valence-electron chi connectivity index (χ3n) is 10.6. The second-order valence-electron chi connectivity index (χ2n) is 13.6. The van der Waals surface area contributed by atoms with Crippen molar-refractivity contribution < 1.29 is 4.42 Å². The minimum atomic E-state index is 0.561. The molecule has 0 saturated heterocycles. The fourth-order valence-corrected chi connectivity index (χ4v) is 9.42. The van der Waals surface area contributed by atoms with Gasteiger partial charge >= 0.3 is 0 Å². The third-order valence-corrected chi connectivity index (χ3v) is 11.8. The molecule has 4 heterocycles. The molecule has 1 aliphatic heterocycles. The van der Waals surface area contributed by atoms with Crippen molar-refractivity contribution in [2.45, 2.75) is 0 Å². The second-order valence-corrected chi connectivity index (χ2v) is 14.7. The van der Waals surface area contributed by atoms with E-state index in [0.717, 1.165) is 60.1 Å². The summed E-state index contributed by atoms with van der Waals surface area (Å²) in [4.78, 5) is 18.2. The van der Waals surface area contributed by atoms with Crippen LogP contribution in [-0.4, -0.2) is 15.0 Å². The molecular formula is C47H26N4OS. The number of hydrogen-bond donors (Lipinski definition) is 0. The topological polar surface area (TPSA) is 55.1 Å². The minimum Gasteiger partial charge on any atom is -0.456 e. The molecule has 0 spiro atoms. The van der Waals surface area contributed by atoms with Crippen molar-refractivity contribution in [1.29, 1.82) is 0 Å². The molecule has 0 fully saturated rings. The summed E-state index contributed by atoms with van der Waals surface area (Å²) >= 11 is 1.78. The number of hydrogen-bond acceptors (Lipinski definition) is 6. The summed E-state index contributed by atoms with van der Waals surface area (Å²) in [6.07, 6.45) is 0. The Labute approximate surface area is 307 Å². The molecule has 11 aromatic rings. The molecule has 53 heavy (non-hydrogen) atoms. The van der Waals surface area contributed by atoms with Crippen molar-refractivity contribution in [2.75, 3.05) is 4.90 Å². The molecular weight excluding hydrogens is 669 g/mol. The maximum atomic E-state index is 6.35. The lowest BCUT2D eigenvalue weighted by Gasteiger charge is -2.32. The Morgan fingerprint density at radius 3 is 2.08 bits per heavy atom. The van der Waals surface area contributed by atoms with Crippen molar-refractivity contribution >= 4 is 92.3 Å². The summed E-state index contributed by atoms with van der Waals surface area (Å²) in [5, 5.41) is 9.28. The third kappa shape index (κ3) is 4.21. The highest BCUT2D eigenvalue weighted by molar-refractivity contribution is 7.26. The van der Waals surface area contributed by atoms with Crippen LogP contribution in [0, 0.1) is 0 Å². The quantitative estimate of drug-likeness (QED) is 0.184. The van der Waals surface area contributed by atoms with E-state index in [1.165, 1.54) is 37.2 Å². The Balaban J connectivity index is 1.17. The number of fused-ring (bicyclic) bond motifs is 9. The van der Waals surface area contributed by atoms with E-state index in [9.17, 15) is 0 Å². The molecule has 12 rings (SSSR count). The monoisotopic (exact) mass is 694 g/mol. The van der Waals surface area contributed by atoms with E-state index in [1.54, 1.807) is 11.3 Å². The van der Waals surface area contributed by atoms with Crippen LogP contribution in [0.5, 0.6) is 0 Å². The summed E-state index contributed by atoms with van der Waals surface area (Å²) < 4.78 is 8.74. The molecule has 0 saturated carbocycles. The van der Waals surface area contributed by atoms with Gasteiger partial charge in [-0.15, -0.1) is 11.3 Å². The highest BCUT2D eigenvalue weighted by atomic mass is 32.1. The summed E-state index contributed by atoms with van der Waals surface area (Å²) in [5.74, 6) is 1.77. The van der Waals surface area contributed by atoms with E-state index in [4.69, 9.17) is 19.4 Å². The predicted octanol–water partition coefficient (Wildman–Crippen LogP) is 13.2. The first-order chi connectivity index (χ1) is 26.2. The zero-order valence-corrected chi connectivity index (χ0v) is 28.9. The molecule has 0 amide bonds. The normalized spacial score (nSPS) is 12.5. The van der Waals surface area contributed by atoms with E-state index in [0.29, 0.717) is 17.6 Å². The number of aromatic nitrogens is 3. The van der Waals surface area contributed by atoms with Gasteiger partial charge in [0, 0.05) is 53.0 Å².